The Balaban J connectivity index is 1.73. The summed E-state index contributed by atoms with van der Waals surface area (Å²) < 4.78 is 0. The number of allylic oxidation sites excluding steroid dienone is 4. The summed E-state index contributed by atoms with van der Waals surface area (Å²) in [6, 6.07) is 15.0. The van der Waals surface area contributed by atoms with Gasteiger partial charge < -0.3 is 4.90 Å². The van der Waals surface area contributed by atoms with Gasteiger partial charge >= 0.3 is 0 Å². The molecule has 0 fully saturated rings. The van der Waals surface area contributed by atoms with Gasteiger partial charge in [0.1, 0.15) is 0 Å². The van der Waals surface area contributed by atoms with E-state index < -0.39 is 0 Å². The number of hydrogen-bond acceptors (Lipinski definition) is 2. The van der Waals surface area contributed by atoms with Crippen LogP contribution in [0, 0.1) is 6.92 Å². The largest absolute Gasteiger partial charge is 0.341 e. The van der Waals surface area contributed by atoms with Crippen molar-refractivity contribution in [1.82, 2.24) is 0 Å². The number of aliphatic imine (C=N–C) groups is 1. The zero-order valence-corrected chi connectivity index (χ0v) is 15.0. The van der Waals surface area contributed by atoms with E-state index in [4.69, 9.17) is 0 Å². The first-order valence-electron chi connectivity index (χ1n) is 8.80. The summed E-state index contributed by atoms with van der Waals surface area (Å²) in [4.78, 5) is 7.03. The number of anilines is 1. The average molecular weight is 326 g/mol. The van der Waals surface area contributed by atoms with Crippen LogP contribution in [0.4, 0.5) is 11.4 Å². The van der Waals surface area contributed by atoms with Gasteiger partial charge in [0, 0.05) is 34.8 Å². The van der Waals surface area contributed by atoms with Crippen LogP contribution >= 0.6 is 0 Å². The van der Waals surface area contributed by atoms with Crippen molar-refractivity contribution in [2.24, 2.45) is 4.99 Å². The van der Waals surface area contributed by atoms with Gasteiger partial charge in [-0.15, -0.1) is 0 Å². The molecular weight excluding hydrogens is 304 g/mol. The smallest absolute Gasteiger partial charge is 0.0712 e. The number of rotatable bonds is 2. The van der Waals surface area contributed by atoms with Crippen LogP contribution in [0.5, 0.6) is 0 Å². The molecule has 4 rings (SSSR count). The molecule has 0 saturated carbocycles. The summed E-state index contributed by atoms with van der Waals surface area (Å²) in [6.07, 6.45) is 8.82. The Morgan fingerprint density at radius 3 is 2.68 bits per heavy atom. The molecule has 0 atom stereocenters. The van der Waals surface area contributed by atoms with Crippen molar-refractivity contribution < 1.29 is 0 Å². The molecule has 0 aliphatic carbocycles. The SMILES string of the molecule is CCN1C(=CC=C2C(C)=Nc3ccccc32)C=Cc2cc(C)ccc21. The van der Waals surface area contributed by atoms with Gasteiger partial charge in [-0.1, -0.05) is 42.0 Å². The summed E-state index contributed by atoms with van der Waals surface area (Å²) >= 11 is 0. The first-order chi connectivity index (χ1) is 12.2. The minimum atomic E-state index is 0.944. The Hall–Kier alpha value is -2.87. The van der Waals surface area contributed by atoms with Crippen LogP contribution in [0.1, 0.15) is 30.5 Å². The highest BCUT2D eigenvalue weighted by Crippen LogP contribution is 2.35. The van der Waals surface area contributed by atoms with Crippen molar-refractivity contribution in [2.45, 2.75) is 20.8 Å². The number of fused-ring (bicyclic) bond motifs is 2. The third-order valence-corrected chi connectivity index (χ3v) is 4.83. The lowest BCUT2D eigenvalue weighted by atomic mass is 10.0. The number of para-hydroxylation sites is 1. The highest BCUT2D eigenvalue weighted by molar-refractivity contribution is 6.28. The van der Waals surface area contributed by atoms with Crippen molar-refractivity contribution in [3.63, 3.8) is 0 Å². The van der Waals surface area contributed by atoms with E-state index in [0.29, 0.717) is 0 Å². The molecule has 0 spiro atoms. The number of aryl methyl sites for hydroxylation is 1. The molecule has 0 saturated heterocycles. The van der Waals surface area contributed by atoms with Gasteiger partial charge in [-0.25, -0.2) is 0 Å². The Labute approximate surface area is 149 Å². The second-order valence-corrected chi connectivity index (χ2v) is 6.53. The van der Waals surface area contributed by atoms with Crippen LogP contribution in [-0.2, 0) is 0 Å². The molecule has 0 radical (unpaired) electrons. The molecular formula is C23H22N2. The lowest BCUT2D eigenvalue weighted by Crippen LogP contribution is -2.23. The molecule has 2 aliphatic rings. The molecule has 2 nitrogen and oxygen atoms in total. The first kappa shape index (κ1) is 15.6. The zero-order valence-electron chi connectivity index (χ0n) is 15.0. The third-order valence-electron chi connectivity index (χ3n) is 4.83. The summed E-state index contributed by atoms with van der Waals surface area (Å²) in [7, 11) is 0. The second-order valence-electron chi connectivity index (χ2n) is 6.53. The van der Waals surface area contributed by atoms with E-state index in [1.54, 1.807) is 0 Å². The van der Waals surface area contributed by atoms with Gasteiger partial charge in [0.15, 0.2) is 0 Å². The molecule has 0 aromatic heterocycles. The maximum Gasteiger partial charge on any atom is 0.0712 e. The van der Waals surface area contributed by atoms with Crippen LogP contribution in [0.2, 0.25) is 0 Å². The summed E-state index contributed by atoms with van der Waals surface area (Å²) in [5, 5.41) is 0. The fourth-order valence-electron chi connectivity index (χ4n) is 3.57. The van der Waals surface area contributed by atoms with Crippen molar-refractivity contribution in [1.29, 1.82) is 0 Å². The molecule has 2 aliphatic heterocycles. The fraction of sp³-hybridized carbons (Fsp3) is 0.174. The standard InChI is InChI=1S/C23H22N2/c1-4-25-19(11-10-18-15-16(2)9-14-23(18)25)12-13-20-17(3)24-22-8-6-5-7-21(20)22/h5-15H,4H2,1-3H3. The van der Waals surface area contributed by atoms with Crippen molar-refractivity contribution in [3.05, 3.63) is 83.1 Å². The first-order valence-corrected chi connectivity index (χ1v) is 8.80. The third kappa shape index (κ3) is 2.74. The molecule has 2 heteroatoms. The summed E-state index contributed by atoms with van der Waals surface area (Å²) in [5.41, 5.74) is 9.65. The fourth-order valence-corrected chi connectivity index (χ4v) is 3.57. The second kappa shape index (κ2) is 6.21. The van der Waals surface area contributed by atoms with E-state index in [9.17, 15) is 0 Å². The predicted molar refractivity (Wildman–Crippen MR) is 109 cm³/mol. The van der Waals surface area contributed by atoms with Gasteiger partial charge in [-0.3, -0.25) is 4.99 Å². The van der Waals surface area contributed by atoms with Crippen molar-refractivity contribution in [3.8, 4) is 0 Å². The molecule has 2 aromatic rings. The summed E-state index contributed by atoms with van der Waals surface area (Å²) in [5.74, 6) is 0. The van der Waals surface area contributed by atoms with E-state index in [1.807, 2.05) is 6.07 Å². The highest BCUT2D eigenvalue weighted by atomic mass is 15.1. The number of benzene rings is 2. The molecule has 124 valence electrons. The molecule has 0 unspecified atom stereocenters. The number of nitrogens with zero attached hydrogens (tertiary/aromatic N) is 2. The highest BCUT2D eigenvalue weighted by Gasteiger charge is 2.18. The number of hydrogen-bond donors (Lipinski definition) is 0. The Morgan fingerprint density at radius 1 is 1.00 bits per heavy atom. The normalized spacial score (nSPS) is 18.5. The lowest BCUT2D eigenvalue weighted by Gasteiger charge is -2.29. The topological polar surface area (TPSA) is 15.6 Å². The maximum atomic E-state index is 4.67. The van der Waals surface area contributed by atoms with Gasteiger partial charge in [0.25, 0.3) is 0 Å². The van der Waals surface area contributed by atoms with Gasteiger partial charge in [-0.05, 0) is 56.7 Å². The predicted octanol–water partition coefficient (Wildman–Crippen LogP) is 5.92. The lowest BCUT2D eigenvalue weighted by molar-refractivity contribution is 0.971. The van der Waals surface area contributed by atoms with Crippen molar-refractivity contribution >= 4 is 28.7 Å². The summed E-state index contributed by atoms with van der Waals surface area (Å²) in [6.45, 7) is 7.36. The van der Waals surface area contributed by atoms with Crippen LogP contribution < -0.4 is 4.90 Å². The Bertz CT molecular complexity index is 958. The molecule has 0 N–H and O–H groups in total. The minimum absolute atomic E-state index is 0.944. The van der Waals surface area contributed by atoms with Gasteiger partial charge in [-0.2, -0.15) is 0 Å². The number of likely N-dealkylation sites (N-methyl/N-ethyl adjacent to an activating group) is 1. The van der Waals surface area contributed by atoms with E-state index in [1.165, 1.54) is 33.6 Å². The monoisotopic (exact) mass is 326 g/mol. The van der Waals surface area contributed by atoms with Crippen molar-refractivity contribution in [2.75, 3.05) is 11.4 Å². The van der Waals surface area contributed by atoms with Crippen LogP contribution in [-0.4, -0.2) is 12.3 Å². The molecule has 2 heterocycles. The Morgan fingerprint density at radius 2 is 1.84 bits per heavy atom. The van der Waals surface area contributed by atoms with E-state index in [-0.39, 0.29) is 0 Å². The quantitative estimate of drug-likeness (QED) is 0.668. The molecule has 25 heavy (non-hydrogen) atoms. The molecule has 0 amide bonds. The molecule has 0 bridgehead atoms. The van der Waals surface area contributed by atoms with E-state index in [2.05, 4.69) is 91.4 Å². The zero-order chi connectivity index (χ0) is 17.4. The average Bonchev–Trinajstić information content (AvgIpc) is 2.94. The van der Waals surface area contributed by atoms with Gasteiger partial charge in [0.2, 0.25) is 0 Å². The van der Waals surface area contributed by atoms with E-state index >= 15 is 0 Å². The van der Waals surface area contributed by atoms with Gasteiger partial charge in [0.05, 0.1) is 5.69 Å². The van der Waals surface area contributed by atoms with Crippen LogP contribution in [0.3, 0.4) is 0 Å². The van der Waals surface area contributed by atoms with Crippen LogP contribution in [0.25, 0.3) is 11.6 Å². The minimum Gasteiger partial charge on any atom is -0.341 e. The molecule has 2 aromatic carbocycles. The van der Waals surface area contributed by atoms with E-state index in [0.717, 1.165) is 17.9 Å². The van der Waals surface area contributed by atoms with Crippen LogP contribution in [0.15, 0.2) is 71.4 Å². The maximum absolute atomic E-state index is 4.67. The Kier molecular flexibility index (Phi) is 3.89.